The van der Waals surface area contributed by atoms with Crippen molar-refractivity contribution in [1.82, 2.24) is 9.80 Å². The standard InChI is InChI=1S/C16H26N2O2/c1-4-18(5-2)14-8-9-17(12-14)11-13-10-15(20-3)6-7-16(13)19/h6-7,10,14,19H,4-5,8-9,11-12H2,1-3H3. The van der Waals surface area contributed by atoms with Gasteiger partial charge in [0.05, 0.1) is 7.11 Å². The van der Waals surface area contributed by atoms with Gasteiger partial charge in [0, 0.05) is 31.2 Å². The van der Waals surface area contributed by atoms with Crippen molar-refractivity contribution in [2.75, 3.05) is 33.3 Å². The third-order valence-corrected chi connectivity index (χ3v) is 4.26. The molecule has 1 aliphatic rings. The van der Waals surface area contributed by atoms with Crippen LogP contribution in [0.2, 0.25) is 0 Å². The number of phenolic OH excluding ortho intramolecular Hbond substituents is 1. The van der Waals surface area contributed by atoms with Crippen molar-refractivity contribution in [3.63, 3.8) is 0 Å². The zero-order chi connectivity index (χ0) is 14.5. The number of benzene rings is 1. The van der Waals surface area contributed by atoms with E-state index in [0.29, 0.717) is 11.8 Å². The van der Waals surface area contributed by atoms with E-state index in [2.05, 4.69) is 23.6 Å². The van der Waals surface area contributed by atoms with Gasteiger partial charge in [0.15, 0.2) is 0 Å². The van der Waals surface area contributed by atoms with Crippen molar-refractivity contribution >= 4 is 0 Å². The monoisotopic (exact) mass is 278 g/mol. The normalized spacial score (nSPS) is 19.7. The van der Waals surface area contributed by atoms with Crippen LogP contribution in [-0.4, -0.2) is 54.2 Å². The Bertz CT molecular complexity index is 432. The fraction of sp³-hybridized carbons (Fsp3) is 0.625. The van der Waals surface area contributed by atoms with Gasteiger partial charge >= 0.3 is 0 Å². The van der Waals surface area contributed by atoms with Gasteiger partial charge in [-0.1, -0.05) is 13.8 Å². The Kier molecular flexibility index (Phi) is 5.26. The second kappa shape index (κ2) is 6.95. The Balaban J connectivity index is 1.98. The number of aromatic hydroxyl groups is 1. The van der Waals surface area contributed by atoms with E-state index in [1.807, 2.05) is 6.07 Å². The Morgan fingerprint density at radius 3 is 2.75 bits per heavy atom. The van der Waals surface area contributed by atoms with Crippen LogP contribution >= 0.6 is 0 Å². The molecule has 4 heteroatoms. The Hall–Kier alpha value is -1.26. The summed E-state index contributed by atoms with van der Waals surface area (Å²) in [6.45, 7) is 9.63. The van der Waals surface area contributed by atoms with Gasteiger partial charge in [-0.05, 0) is 37.7 Å². The molecule has 0 saturated carbocycles. The van der Waals surface area contributed by atoms with Gasteiger partial charge in [-0.3, -0.25) is 9.80 Å². The lowest BCUT2D eigenvalue weighted by molar-refractivity contribution is 0.208. The number of ether oxygens (including phenoxy) is 1. The summed E-state index contributed by atoms with van der Waals surface area (Å²) >= 11 is 0. The molecule has 20 heavy (non-hydrogen) atoms. The van der Waals surface area contributed by atoms with Crippen LogP contribution < -0.4 is 4.74 Å². The smallest absolute Gasteiger partial charge is 0.120 e. The Morgan fingerprint density at radius 2 is 2.10 bits per heavy atom. The van der Waals surface area contributed by atoms with Gasteiger partial charge < -0.3 is 9.84 Å². The summed E-state index contributed by atoms with van der Waals surface area (Å²) in [5, 5.41) is 9.97. The summed E-state index contributed by atoms with van der Waals surface area (Å²) < 4.78 is 5.23. The number of likely N-dealkylation sites (N-methyl/N-ethyl adjacent to an activating group) is 1. The molecule has 1 N–H and O–H groups in total. The molecular weight excluding hydrogens is 252 g/mol. The SMILES string of the molecule is CCN(CC)C1CCN(Cc2cc(OC)ccc2O)C1. The quantitative estimate of drug-likeness (QED) is 0.866. The summed E-state index contributed by atoms with van der Waals surface area (Å²) in [5.41, 5.74) is 0.949. The molecular formula is C16H26N2O2. The highest BCUT2D eigenvalue weighted by Gasteiger charge is 2.26. The lowest BCUT2D eigenvalue weighted by Crippen LogP contribution is -2.37. The molecule has 1 aliphatic heterocycles. The van der Waals surface area contributed by atoms with Gasteiger partial charge in [-0.15, -0.1) is 0 Å². The average Bonchev–Trinajstić information content (AvgIpc) is 2.91. The molecule has 1 saturated heterocycles. The summed E-state index contributed by atoms with van der Waals surface area (Å²) in [6.07, 6.45) is 1.21. The number of phenols is 1. The van der Waals surface area contributed by atoms with Crippen molar-refractivity contribution in [3.8, 4) is 11.5 Å². The van der Waals surface area contributed by atoms with E-state index in [1.54, 1.807) is 19.2 Å². The van der Waals surface area contributed by atoms with Crippen LogP contribution in [0.1, 0.15) is 25.8 Å². The van der Waals surface area contributed by atoms with Crippen molar-refractivity contribution < 1.29 is 9.84 Å². The fourth-order valence-electron chi connectivity index (χ4n) is 3.05. The van der Waals surface area contributed by atoms with Crippen molar-refractivity contribution in [2.24, 2.45) is 0 Å². The van der Waals surface area contributed by atoms with Gasteiger partial charge in [-0.25, -0.2) is 0 Å². The molecule has 0 amide bonds. The molecule has 0 aromatic heterocycles. The van der Waals surface area contributed by atoms with E-state index in [9.17, 15) is 5.11 Å². The van der Waals surface area contributed by atoms with Crippen molar-refractivity contribution in [1.29, 1.82) is 0 Å². The zero-order valence-electron chi connectivity index (χ0n) is 12.8. The molecule has 0 bridgehead atoms. The van der Waals surface area contributed by atoms with Gasteiger partial charge in [0.25, 0.3) is 0 Å². The predicted molar refractivity (Wildman–Crippen MR) is 81.3 cm³/mol. The first-order valence-corrected chi connectivity index (χ1v) is 7.50. The Labute approximate surface area is 122 Å². The molecule has 2 rings (SSSR count). The molecule has 1 atom stereocenters. The largest absolute Gasteiger partial charge is 0.508 e. The average molecular weight is 278 g/mol. The van der Waals surface area contributed by atoms with E-state index in [0.717, 1.165) is 44.0 Å². The minimum Gasteiger partial charge on any atom is -0.508 e. The predicted octanol–water partition coefficient (Wildman–Crippen LogP) is 2.32. The topological polar surface area (TPSA) is 35.9 Å². The summed E-state index contributed by atoms with van der Waals surface area (Å²) in [6, 6.07) is 6.09. The van der Waals surface area contributed by atoms with Crippen LogP contribution in [0.15, 0.2) is 18.2 Å². The highest BCUT2D eigenvalue weighted by atomic mass is 16.5. The van der Waals surface area contributed by atoms with Crippen molar-refractivity contribution in [2.45, 2.75) is 32.9 Å². The number of methoxy groups -OCH3 is 1. The van der Waals surface area contributed by atoms with Crippen LogP contribution in [-0.2, 0) is 6.54 Å². The molecule has 1 unspecified atom stereocenters. The molecule has 1 aromatic rings. The number of likely N-dealkylation sites (tertiary alicyclic amines) is 1. The molecule has 1 fully saturated rings. The molecule has 1 heterocycles. The number of rotatable bonds is 6. The van der Waals surface area contributed by atoms with Crippen LogP contribution in [0.4, 0.5) is 0 Å². The molecule has 0 aliphatic carbocycles. The summed E-state index contributed by atoms with van der Waals surface area (Å²) in [7, 11) is 1.66. The van der Waals surface area contributed by atoms with Gasteiger partial charge in [-0.2, -0.15) is 0 Å². The first kappa shape index (κ1) is 15.1. The molecule has 1 aromatic carbocycles. The first-order chi connectivity index (χ1) is 9.67. The van der Waals surface area contributed by atoms with E-state index < -0.39 is 0 Å². The van der Waals surface area contributed by atoms with Crippen molar-refractivity contribution in [3.05, 3.63) is 23.8 Å². The van der Waals surface area contributed by atoms with Gasteiger partial charge in [0.2, 0.25) is 0 Å². The van der Waals surface area contributed by atoms with E-state index in [4.69, 9.17) is 4.74 Å². The molecule has 0 radical (unpaired) electrons. The fourth-order valence-corrected chi connectivity index (χ4v) is 3.05. The van der Waals surface area contributed by atoms with E-state index in [1.165, 1.54) is 6.42 Å². The van der Waals surface area contributed by atoms with Crippen LogP contribution in [0.3, 0.4) is 0 Å². The zero-order valence-corrected chi connectivity index (χ0v) is 12.8. The highest BCUT2D eigenvalue weighted by molar-refractivity contribution is 5.39. The minimum atomic E-state index is 0.358. The maximum atomic E-state index is 9.97. The maximum Gasteiger partial charge on any atom is 0.120 e. The lowest BCUT2D eigenvalue weighted by atomic mass is 10.2. The maximum absolute atomic E-state index is 9.97. The number of hydrogen-bond donors (Lipinski definition) is 1. The Morgan fingerprint density at radius 1 is 1.35 bits per heavy atom. The van der Waals surface area contributed by atoms with Crippen LogP contribution in [0.5, 0.6) is 11.5 Å². The minimum absolute atomic E-state index is 0.358. The highest BCUT2D eigenvalue weighted by Crippen LogP contribution is 2.26. The molecule has 4 nitrogen and oxygen atoms in total. The second-order valence-electron chi connectivity index (χ2n) is 5.39. The third-order valence-electron chi connectivity index (χ3n) is 4.26. The number of nitrogens with zero attached hydrogens (tertiary/aromatic N) is 2. The molecule has 112 valence electrons. The van der Waals surface area contributed by atoms with E-state index in [-0.39, 0.29) is 0 Å². The van der Waals surface area contributed by atoms with Crippen LogP contribution in [0, 0.1) is 0 Å². The van der Waals surface area contributed by atoms with Gasteiger partial charge in [0.1, 0.15) is 11.5 Å². The second-order valence-corrected chi connectivity index (χ2v) is 5.39. The van der Waals surface area contributed by atoms with Crippen LogP contribution in [0.25, 0.3) is 0 Å². The summed E-state index contributed by atoms with van der Waals surface area (Å²) in [4.78, 5) is 4.93. The third kappa shape index (κ3) is 3.44. The van der Waals surface area contributed by atoms with E-state index >= 15 is 0 Å². The first-order valence-electron chi connectivity index (χ1n) is 7.50. The molecule has 0 spiro atoms. The summed E-state index contributed by atoms with van der Waals surface area (Å²) in [5.74, 6) is 1.16. The number of hydrogen-bond acceptors (Lipinski definition) is 4. The lowest BCUT2D eigenvalue weighted by Gasteiger charge is -2.26.